The van der Waals surface area contributed by atoms with E-state index in [1.807, 2.05) is 42.5 Å². The Morgan fingerprint density at radius 1 is 1.11 bits per heavy atom. The number of pyridine rings is 1. The van der Waals surface area contributed by atoms with Gasteiger partial charge in [-0.1, -0.05) is 19.4 Å². The summed E-state index contributed by atoms with van der Waals surface area (Å²) in [4.78, 5) is 16.5. The maximum absolute atomic E-state index is 12.3. The molecule has 28 heavy (non-hydrogen) atoms. The van der Waals surface area contributed by atoms with Crippen LogP contribution in [0, 0.1) is 0 Å². The minimum Gasteiger partial charge on any atom is -0.494 e. The van der Waals surface area contributed by atoms with Crippen molar-refractivity contribution in [2.75, 3.05) is 11.9 Å². The largest absolute Gasteiger partial charge is 0.494 e. The van der Waals surface area contributed by atoms with Gasteiger partial charge in [0.1, 0.15) is 11.9 Å². The van der Waals surface area contributed by atoms with Crippen molar-refractivity contribution in [2.45, 2.75) is 57.6 Å². The summed E-state index contributed by atoms with van der Waals surface area (Å²) in [6.07, 6.45) is 7.66. The molecule has 1 heterocycles. The molecule has 1 aromatic carbocycles. The summed E-state index contributed by atoms with van der Waals surface area (Å²) in [6, 6.07) is 13.1. The maximum Gasteiger partial charge on any atom is 0.319 e. The number of urea groups is 1. The Labute approximate surface area is 166 Å². The summed E-state index contributed by atoms with van der Waals surface area (Å²) in [6.45, 7) is 2.85. The summed E-state index contributed by atoms with van der Waals surface area (Å²) >= 11 is 0. The average Bonchev–Trinajstić information content (AvgIpc) is 2.72. The lowest BCUT2D eigenvalue weighted by Crippen LogP contribution is -2.41. The smallest absolute Gasteiger partial charge is 0.319 e. The molecule has 0 spiro atoms. The van der Waals surface area contributed by atoms with Crippen molar-refractivity contribution < 1.29 is 14.3 Å². The topological polar surface area (TPSA) is 72.5 Å². The van der Waals surface area contributed by atoms with Crippen LogP contribution in [-0.4, -0.2) is 29.8 Å². The van der Waals surface area contributed by atoms with E-state index in [9.17, 15) is 4.79 Å². The van der Waals surface area contributed by atoms with E-state index in [0.29, 0.717) is 5.88 Å². The van der Waals surface area contributed by atoms with Crippen LogP contribution in [0.25, 0.3) is 0 Å². The average molecular weight is 383 g/mol. The predicted molar refractivity (Wildman–Crippen MR) is 110 cm³/mol. The minimum absolute atomic E-state index is 0.163. The van der Waals surface area contributed by atoms with E-state index in [1.54, 1.807) is 6.20 Å². The maximum atomic E-state index is 12.3. The van der Waals surface area contributed by atoms with Crippen LogP contribution in [0.2, 0.25) is 0 Å². The summed E-state index contributed by atoms with van der Waals surface area (Å²) in [5.74, 6) is 1.49. The first-order valence-electron chi connectivity index (χ1n) is 10.1. The molecule has 2 N–H and O–H groups in total. The van der Waals surface area contributed by atoms with Crippen molar-refractivity contribution >= 4 is 11.7 Å². The quantitative estimate of drug-likeness (QED) is 0.644. The van der Waals surface area contributed by atoms with Crippen molar-refractivity contribution in [3.05, 3.63) is 48.7 Å². The number of unbranched alkanes of at least 4 members (excludes halogenated alkanes) is 1. The monoisotopic (exact) mass is 383 g/mol. The van der Waals surface area contributed by atoms with Crippen LogP contribution in [0.3, 0.4) is 0 Å². The number of benzene rings is 1. The van der Waals surface area contributed by atoms with Crippen molar-refractivity contribution in [2.24, 2.45) is 0 Å². The van der Waals surface area contributed by atoms with E-state index in [4.69, 9.17) is 9.47 Å². The summed E-state index contributed by atoms with van der Waals surface area (Å²) in [5, 5.41) is 5.94. The SMILES string of the molecule is CCCCOc1ccc(NC(=O)NC2CCC(Oc3ccccn3)CC2)cc1. The molecule has 2 amide bonds. The number of hydrogen-bond donors (Lipinski definition) is 2. The third-order valence-electron chi connectivity index (χ3n) is 4.81. The highest BCUT2D eigenvalue weighted by Gasteiger charge is 2.23. The zero-order chi connectivity index (χ0) is 19.6. The number of rotatable bonds is 8. The van der Waals surface area contributed by atoms with Gasteiger partial charge < -0.3 is 20.1 Å². The van der Waals surface area contributed by atoms with Crippen LogP contribution in [0.4, 0.5) is 10.5 Å². The Morgan fingerprint density at radius 2 is 1.89 bits per heavy atom. The molecule has 0 aliphatic heterocycles. The summed E-state index contributed by atoms with van der Waals surface area (Å²) in [7, 11) is 0. The van der Waals surface area contributed by atoms with Gasteiger partial charge >= 0.3 is 6.03 Å². The predicted octanol–water partition coefficient (Wildman–Crippen LogP) is 4.77. The van der Waals surface area contributed by atoms with Crippen LogP contribution in [0.1, 0.15) is 45.4 Å². The molecule has 6 heteroatoms. The van der Waals surface area contributed by atoms with Crippen molar-refractivity contribution in [3.63, 3.8) is 0 Å². The molecule has 150 valence electrons. The first-order valence-corrected chi connectivity index (χ1v) is 10.1. The highest BCUT2D eigenvalue weighted by molar-refractivity contribution is 5.89. The number of aromatic nitrogens is 1. The van der Waals surface area contributed by atoms with Gasteiger partial charge in [-0.3, -0.25) is 0 Å². The Morgan fingerprint density at radius 3 is 2.57 bits per heavy atom. The van der Waals surface area contributed by atoms with E-state index in [2.05, 4.69) is 22.5 Å². The molecule has 0 bridgehead atoms. The number of ether oxygens (including phenoxy) is 2. The van der Waals surface area contributed by atoms with E-state index in [-0.39, 0.29) is 18.2 Å². The number of nitrogens with one attached hydrogen (secondary N) is 2. The van der Waals surface area contributed by atoms with Crippen molar-refractivity contribution in [3.8, 4) is 11.6 Å². The first-order chi connectivity index (χ1) is 13.7. The molecule has 3 rings (SSSR count). The highest BCUT2D eigenvalue weighted by atomic mass is 16.5. The van der Waals surface area contributed by atoms with E-state index in [1.165, 1.54) is 0 Å². The van der Waals surface area contributed by atoms with Gasteiger partial charge in [-0.15, -0.1) is 0 Å². The van der Waals surface area contributed by atoms with E-state index < -0.39 is 0 Å². The third-order valence-corrected chi connectivity index (χ3v) is 4.81. The van der Waals surface area contributed by atoms with Crippen molar-refractivity contribution in [1.29, 1.82) is 0 Å². The van der Waals surface area contributed by atoms with Gasteiger partial charge in [0.25, 0.3) is 0 Å². The van der Waals surface area contributed by atoms with Crippen molar-refractivity contribution in [1.82, 2.24) is 10.3 Å². The first kappa shape index (κ1) is 20.0. The fraction of sp³-hybridized carbons (Fsp3) is 0.455. The fourth-order valence-corrected chi connectivity index (χ4v) is 3.23. The van der Waals surface area contributed by atoms with Gasteiger partial charge in [0.15, 0.2) is 0 Å². The second kappa shape index (κ2) is 10.5. The van der Waals surface area contributed by atoms with Crippen LogP contribution >= 0.6 is 0 Å². The standard InChI is InChI=1S/C22H29N3O3/c1-2-3-16-27-19-11-7-17(8-12-19)24-22(26)25-18-9-13-20(14-10-18)28-21-6-4-5-15-23-21/h4-8,11-12,15,18,20H,2-3,9-10,13-14,16H2,1H3,(H2,24,25,26). The van der Waals surface area contributed by atoms with Gasteiger partial charge in [-0.25, -0.2) is 9.78 Å². The lowest BCUT2D eigenvalue weighted by Gasteiger charge is -2.29. The van der Waals surface area contributed by atoms with Gasteiger partial charge in [0.2, 0.25) is 5.88 Å². The Balaban J connectivity index is 1.37. The molecular formula is C22H29N3O3. The Kier molecular flexibility index (Phi) is 7.53. The zero-order valence-corrected chi connectivity index (χ0v) is 16.4. The van der Waals surface area contributed by atoms with E-state index in [0.717, 1.165) is 56.6 Å². The van der Waals surface area contributed by atoms with Crippen LogP contribution in [0.5, 0.6) is 11.6 Å². The number of anilines is 1. The fourth-order valence-electron chi connectivity index (χ4n) is 3.23. The van der Waals surface area contributed by atoms with Gasteiger partial charge in [-0.05, 0) is 62.4 Å². The lowest BCUT2D eigenvalue weighted by molar-refractivity contribution is 0.135. The lowest BCUT2D eigenvalue weighted by atomic mass is 9.93. The number of amides is 2. The second-order valence-corrected chi connectivity index (χ2v) is 7.08. The third kappa shape index (κ3) is 6.44. The summed E-state index contributed by atoms with van der Waals surface area (Å²) in [5.41, 5.74) is 0.757. The van der Waals surface area contributed by atoms with Gasteiger partial charge in [-0.2, -0.15) is 0 Å². The molecule has 1 aliphatic rings. The molecule has 0 radical (unpaired) electrons. The molecule has 1 fully saturated rings. The molecular weight excluding hydrogens is 354 g/mol. The number of carbonyl (C=O) groups is 1. The van der Waals surface area contributed by atoms with Crippen LogP contribution in [-0.2, 0) is 0 Å². The Bertz CT molecular complexity index is 714. The Hall–Kier alpha value is -2.76. The molecule has 1 saturated carbocycles. The molecule has 0 saturated heterocycles. The molecule has 1 aromatic heterocycles. The minimum atomic E-state index is -0.172. The number of hydrogen-bond acceptors (Lipinski definition) is 4. The summed E-state index contributed by atoms with van der Waals surface area (Å²) < 4.78 is 11.5. The number of nitrogens with zero attached hydrogens (tertiary/aromatic N) is 1. The van der Waals surface area contributed by atoms with Gasteiger partial charge in [0.05, 0.1) is 6.61 Å². The molecule has 1 aliphatic carbocycles. The second-order valence-electron chi connectivity index (χ2n) is 7.08. The van der Waals surface area contributed by atoms with Crippen LogP contribution < -0.4 is 20.1 Å². The van der Waals surface area contributed by atoms with Crippen LogP contribution in [0.15, 0.2) is 48.7 Å². The highest BCUT2D eigenvalue weighted by Crippen LogP contribution is 2.23. The van der Waals surface area contributed by atoms with Gasteiger partial charge in [0, 0.05) is 24.0 Å². The molecule has 0 atom stereocenters. The number of carbonyl (C=O) groups excluding carboxylic acids is 1. The molecule has 2 aromatic rings. The zero-order valence-electron chi connectivity index (χ0n) is 16.4. The molecule has 6 nitrogen and oxygen atoms in total. The normalized spacial score (nSPS) is 18.9. The van der Waals surface area contributed by atoms with E-state index >= 15 is 0 Å². The molecule has 0 unspecified atom stereocenters.